The summed E-state index contributed by atoms with van der Waals surface area (Å²) in [5.41, 5.74) is 0.506. The van der Waals surface area contributed by atoms with E-state index in [1.807, 2.05) is 6.07 Å². The standard InChI is InChI=1S/C13H14N4O2S/c18-20(19,16-11-7-8-11)17(12-5-2-1-3-6-12)13-14-9-4-10-15-13/h1-6,9-11,16H,7-8H2. The van der Waals surface area contributed by atoms with Crippen LogP contribution in [0.15, 0.2) is 48.8 Å². The molecular weight excluding hydrogens is 276 g/mol. The molecular formula is C13H14N4O2S. The van der Waals surface area contributed by atoms with E-state index in [9.17, 15) is 8.42 Å². The van der Waals surface area contributed by atoms with Crippen molar-refractivity contribution in [1.29, 1.82) is 0 Å². The second kappa shape index (κ2) is 5.18. The summed E-state index contributed by atoms with van der Waals surface area (Å²) in [5, 5.41) is 0. The van der Waals surface area contributed by atoms with Crippen molar-refractivity contribution >= 4 is 21.8 Å². The summed E-state index contributed by atoms with van der Waals surface area (Å²) in [7, 11) is -3.71. The summed E-state index contributed by atoms with van der Waals surface area (Å²) in [6.45, 7) is 0. The summed E-state index contributed by atoms with van der Waals surface area (Å²) in [6, 6.07) is 10.5. The maximum Gasteiger partial charge on any atom is 0.308 e. The van der Waals surface area contributed by atoms with Crippen LogP contribution in [0.1, 0.15) is 12.8 Å². The van der Waals surface area contributed by atoms with Crippen molar-refractivity contribution in [3.63, 3.8) is 0 Å². The zero-order chi connectivity index (χ0) is 14.0. The maximum atomic E-state index is 12.5. The lowest BCUT2D eigenvalue weighted by molar-refractivity contribution is 0.580. The lowest BCUT2D eigenvalue weighted by Crippen LogP contribution is -2.39. The molecule has 6 nitrogen and oxygen atoms in total. The van der Waals surface area contributed by atoms with E-state index in [0.717, 1.165) is 17.1 Å². The highest BCUT2D eigenvalue weighted by molar-refractivity contribution is 7.91. The molecule has 1 aromatic heterocycles. The third-order valence-electron chi connectivity index (χ3n) is 2.86. The number of para-hydroxylation sites is 1. The number of nitrogens with one attached hydrogen (secondary N) is 1. The van der Waals surface area contributed by atoms with Crippen molar-refractivity contribution in [3.05, 3.63) is 48.8 Å². The van der Waals surface area contributed by atoms with E-state index in [1.165, 1.54) is 12.4 Å². The monoisotopic (exact) mass is 290 g/mol. The largest absolute Gasteiger partial charge is 0.308 e. The summed E-state index contributed by atoms with van der Waals surface area (Å²) in [4.78, 5) is 8.09. The molecule has 3 rings (SSSR count). The molecule has 20 heavy (non-hydrogen) atoms. The normalized spacial score (nSPS) is 15.0. The minimum absolute atomic E-state index is 0.0231. The van der Waals surface area contributed by atoms with Gasteiger partial charge in [0.2, 0.25) is 5.95 Å². The van der Waals surface area contributed by atoms with Gasteiger partial charge in [0.25, 0.3) is 0 Å². The van der Waals surface area contributed by atoms with Crippen LogP contribution in [0.3, 0.4) is 0 Å². The highest BCUT2D eigenvalue weighted by Crippen LogP contribution is 2.27. The first kappa shape index (κ1) is 13.0. The molecule has 0 radical (unpaired) electrons. The van der Waals surface area contributed by atoms with Gasteiger partial charge in [-0.2, -0.15) is 17.4 Å². The number of anilines is 2. The topological polar surface area (TPSA) is 75.2 Å². The Morgan fingerprint density at radius 1 is 1.05 bits per heavy atom. The van der Waals surface area contributed by atoms with Crippen LogP contribution < -0.4 is 9.03 Å². The lowest BCUT2D eigenvalue weighted by Gasteiger charge is -2.22. The van der Waals surface area contributed by atoms with Gasteiger partial charge in [-0.15, -0.1) is 0 Å². The van der Waals surface area contributed by atoms with Gasteiger partial charge >= 0.3 is 10.2 Å². The molecule has 1 aliphatic rings. The summed E-state index contributed by atoms with van der Waals surface area (Å²) in [6.07, 6.45) is 4.78. The molecule has 1 fully saturated rings. The minimum atomic E-state index is -3.71. The molecule has 1 N–H and O–H groups in total. The molecule has 0 spiro atoms. The Labute approximate surface area is 117 Å². The maximum absolute atomic E-state index is 12.5. The average Bonchev–Trinajstić information content (AvgIpc) is 3.24. The fourth-order valence-corrected chi connectivity index (χ4v) is 3.26. The highest BCUT2D eigenvalue weighted by atomic mass is 32.2. The van der Waals surface area contributed by atoms with Crippen molar-refractivity contribution < 1.29 is 8.42 Å². The Balaban J connectivity index is 2.04. The highest BCUT2D eigenvalue weighted by Gasteiger charge is 2.33. The smallest absolute Gasteiger partial charge is 0.220 e. The van der Waals surface area contributed by atoms with E-state index in [4.69, 9.17) is 0 Å². The predicted octanol–water partition coefficient (Wildman–Crippen LogP) is 1.61. The average molecular weight is 290 g/mol. The molecule has 1 saturated carbocycles. The Kier molecular flexibility index (Phi) is 3.37. The van der Waals surface area contributed by atoms with Gasteiger partial charge < -0.3 is 0 Å². The van der Waals surface area contributed by atoms with E-state index in [2.05, 4.69) is 14.7 Å². The van der Waals surface area contributed by atoms with Gasteiger partial charge in [-0.05, 0) is 31.0 Å². The van der Waals surface area contributed by atoms with Gasteiger partial charge in [0.05, 0.1) is 5.69 Å². The Hall–Kier alpha value is -1.99. The third-order valence-corrected chi connectivity index (χ3v) is 4.34. The molecule has 7 heteroatoms. The Morgan fingerprint density at radius 3 is 2.30 bits per heavy atom. The van der Waals surface area contributed by atoms with Crippen LogP contribution in [0.4, 0.5) is 11.6 Å². The van der Waals surface area contributed by atoms with Crippen LogP contribution >= 0.6 is 0 Å². The minimum Gasteiger partial charge on any atom is -0.220 e. The van der Waals surface area contributed by atoms with E-state index in [-0.39, 0.29) is 12.0 Å². The first-order valence-electron chi connectivity index (χ1n) is 6.31. The lowest BCUT2D eigenvalue weighted by atomic mass is 10.3. The first-order valence-corrected chi connectivity index (χ1v) is 7.75. The van der Waals surface area contributed by atoms with E-state index in [1.54, 1.807) is 30.3 Å². The molecule has 0 unspecified atom stereocenters. The van der Waals surface area contributed by atoms with Gasteiger partial charge in [-0.1, -0.05) is 18.2 Å². The van der Waals surface area contributed by atoms with Crippen molar-refractivity contribution in [1.82, 2.24) is 14.7 Å². The molecule has 0 atom stereocenters. The van der Waals surface area contributed by atoms with Crippen LogP contribution in [0.5, 0.6) is 0 Å². The van der Waals surface area contributed by atoms with Gasteiger partial charge in [-0.25, -0.2) is 9.97 Å². The number of nitrogens with zero attached hydrogens (tertiary/aromatic N) is 3. The molecule has 1 aromatic carbocycles. The van der Waals surface area contributed by atoms with E-state index < -0.39 is 10.2 Å². The van der Waals surface area contributed by atoms with Crippen molar-refractivity contribution in [2.24, 2.45) is 0 Å². The summed E-state index contributed by atoms with van der Waals surface area (Å²) in [5.74, 6) is 0.131. The van der Waals surface area contributed by atoms with E-state index in [0.29, 0.717) is 5.69 Å². The van der Waals surface area contributed by atoms with Gasteiger partial charge in [-0.3, -0.25) is 0 Å². The third kappa shape index (κ3) is 2.78. The molecule has 0 bridgehead atoms. The molecule has 0 amide bonds. The fraction of sp³-hybridized carbons (Fsp3) is 0.231. The van der Waals surface area contributed by atoms with Crippen molar-refractivity contribution in [2.75, 3.05) is 4.31 Å². The molecule has 0 aliphatic heterocycles. The number of aromatic nitrogens is 2. The van der Waals surface area contributed by atoms with Crippen LogP contribution in [-0.2, 0) is 10.2 Å². The Bertz CT molecular complexity index is 633. The van der Waals surface area contributed by atoms with Gasteiger partial charge in [0, 0.05) is 18.4 Å². The van der Waals surface area contributed by atoms with Crippen molar-refractivity contribution in [3.8, 4) is 0 Å². The zero-order valence-electron chi connectivity index (χ0n) is 10.7. The fourth-order valence-electron chi connectivity index (χ4n) is 1.79. The first-order chi connectivity index (χ1) is 9.67. The second-order valence-corrected chi connectivity index (χ2v) is 6.10. The number of hydrogen-bond acceptors (Lipinski definition) is 4. The van der Waals surface area contributed by atoms with Crippen LogP contribution in [0.25, 0.3) is 0 Å². The Morgan fingerprint density at radius 2 is 1.70 bits per heavy atom. The summed E-state index contributed by atoms with van der Waals surface area (Å²) >= 11 is 0. The molecule has 1 aliphatic carbocycles. The number of rotatable bonds is 5. The predicted molar refractivity (Wildman–Crippen MR) is 75.7 cm³/mol. The zero-order valence-corrected chi connectivity index (χ0v) is 11.5. The number of benzene rings is 1. The molecule has 2 aromatic rings. The summed E-state index contributed by atoms with van der Waals surface area (Å²) < 4.78 is 28.8. The van der Waals surface area contributed by atoms with Crippen LogP contribution in [0, 0.1) is 0 Å². The van der Waals surface area contributed by atoms with Crippen LogP contribution in [0.2, 0.25) is 0 Å². The van der Waals surface area contributed by atoms with Gasteiger partial charge in [0.1, 0.15) is 0 Å². The molecule has 1 heterocycles. The molecule has 0 saturated heterocycles. The SMILES string of the molecule is O=S(=O)(NC1CC1)N(c1ccccc1)c1ncccn1. The van der Waals surface area contributed by atoms with E-state index >= 15 is 0 Å². The number of hydrogen-bond donors (Lipinski definition) is 1. The van der Waals surface area contributed by atoms with Crippen LogP contribution in [-0.4, -0.2) is 24.4 Å². The quantitative estimate of drug-likeness (QED) is 0.907. The second-order valence-electron chi connectivity index (χ2n) is 4.55. The van der Waals surface area contributed by atoms with Crippen molar-refractivity contribution in [2.45, 2.75) is 18.9 Å². The molecule has 104 valence electrons. The van der Waals surface area contributed by atoms with Gasteiger partial charge in [0.15, 0.2) is 0 Å².